The number of halogens is 1. The summed E-state index contributed by atoms with van der Waals surface area (Å²) in [4.78, 5) is 0.110. The van der Waals surface area contributed by atoms with Crippen LogP contribution in [-0.4, -0.2) is 21.6 Å². The Balaban J connectivity index is 2.33. The average molecular weight is 332 g/mol. The molecule has 2 unspecified atom stereocenters. The van der Waals surface area contributed by atoms with E-state index < -0.39 is 10.0 Å². The van der Waals surface area contributed by atoms with Gasteiger partial charge in [-0.3, -0.25) is 0 Å². The van der Waals surface area contributed by atoms with E-state index in [0.717, 1.165) is 24.8 Å². The molecule has 0 aliphatic heterocycles. The Bertz CT molecular complexity index is 616. The van der Waals surface area contributed by atoms with Crippen molar-refractivity contribution in [1.82, 2.24) is 4.72 Å². The fraction of sp³-hybridized carbons (Fsp3) is 0.600. The molecule has 0 bridgehead atoms. The lowest BCUT2D eigenvalue weighted by molar-refractivity contribution is 0.310. The zero-order valence-electron chi connectivity index (χ0n) is 12.6. The van der Waals surface area contributed by atoms with Crippen LogP contribution in [0.1, 0.15) is 38.2 Å². The first-order chi connectivity index (χ1) is 9.85. The van der Waals surface area contributed by atoms with E-state index in [-0.39, 0.29) is 10.9 Å². The van der Waals surface area contributed by atoms with Gasteiger partial charge in [0.1, 0.15) is 10.6 Å². The Morgan fingerprint density at radius 3 is 2.57 bits per heavy atom. The molecular formula is C15H22ClNO3S. The third kappa shape index (κ3) is 3.71. The number of hydrogen-bond donors (Lipinski definition) is 1. The molecule has 0 saturated heterocycles. The number of benzene rings is 1. The minimum Gasteiger partial charge on any atom is -0.495 e. The minimum absolute atomic E-state index is 0.0199. The van der Waals surface area contributed by atoms with E-state index in [1.165, 1.54) is 19.6 Å². The van der Waals surface area contributed by atoms with Crippen LogP contribution in [0.4, 0.5) is 0 Å². The third-order valence-electron chi connectivity index (χ3n) is 4.15. The lowest BCUT2D eigenvalue weighted by Gasteiger charge is -2.29. The lowest BCUT2D eigenvalue weighted by atomic mass is 9.87. The van der Waals surface area contributed by atoms with Crippen LogP contribution < -0.4 is 9.46 Å². The largest absolute Gasteiger partial charge is 0.495 e. The maximum absolute atomic E-state index is 12.6. The van der Waals surface area contributed by atoms with Crippen LogP contribution >= 0.6 is 11.6 Å². The van der Waals surface area contributed by atoms with E-state index in [4.69, 9.17) is 16.3 Å². The highest BCUT2D eigenvalue weighted by Gasteiger charge is 2.29. The van der Waals surface area contributed by atoms with Gasteiger partial charge in [0, 0.05) is 11.1 Å². The Kier molecular flexibility index (Phi) is 5.17. The fourth-order valence-corrected chi connectivity index (χ4v) is 4.54. The van der Waals surface area contributed by atoms with Crippen LogP contribution in [0.25, 0.3) is 0 Å². The van der Waals surface area contributed by atoms with Gasteiger partial charge in [0.05, 0.1) is 7.11 Å². The van der Waals surface area contributed by atoms with Crippen molar-refractivity contribution in [3.8, 4) is 5.75 Å². The second-order valence-electron chi connectivity index (χ2n) is 5.74. The van der Waals surface area contributed by atoms with Crippen molar-refractivity contribution >= 4 is 21.6 Å². The minimum atomic E-state index is -3.63. The number of methoxy groups -OCH3 is 1. The van der Waals surface area contributed by atoms with Gasteiger partial charge in [0.15, 0.2) is 0 Å². The summed E-state index contributed by atoms with van der Waals surface area (Å²) in [5.74, 6) is 0.674. The molecule has 118 valence electrons. The van der Waals surface area contributed by atoms with Crippen molar-refractivity contribution in [2.24, 2.45) is 5.92 Å². The van der Waals surface area contributed by atoms with Gasteiger partial charge in [-0.25, -0.2) is 13.1 Å². The fourth-order valence-electron chi connectivity index (χ4n) is 2.76. The van der Waals surface area contributed by atoms with Crippen molar-refractivity contribution in [2.75, 3.05) is 7.11 Å². The molecule has 0 amide bonds. The number of sulfonamides is 1. The van der Waals surface area contributed by atoms with Crippen molar-refractivity contribution in [3.05, 3.63) is 22.7 Å². The first-order valence-corrected chi connectivity index (χ1v) is 9.07. The topological polar surface area (TPSA) is 55.4 Å². The van der Waals surface area contributed by atoms with Crippen LogP contribution in [0, 0.1) is 12.8 Å². The van der Waals surface area contributed by atoms with Crippen molar-refractivity contribution in [3.63, 3.8) is 0 Å². The monoisotopic (exact) mass is 331 g/mol. The van der Waals surface area contributed by atoms with E-state index in [1.54, 1.807) is 6.07 Å². The Morgan fingerprint density at radius 1 is 1.29 bits per heavy atom. The third-order valence-corrected chi connectivity index (χ3v) is 6.07. The molecule has 1 aromatic carbocycles. The van der Waals surface area contributed by atoms with E-state index in [1.807, 2.05) is 6.92 Å². The normalized spacial score (nSPS) is 23.0. The summed E-state index contributed by atoms with van der Waals surface area (Å²) in [6.07, 6.45) is 4.16. The van der Waals surface area contributed by atoms with Crippen LogP contribution in [0.2, 0.25) is 5.02 Å². The summed E-state index contributed by atoms with van der Waals surface area (Å²) >= 11 is 6.07. The van der Waals surface area contributed by atoms with Gasteiger partial charge in [-0.1, -0.05) is 31.4 Å². The Morgan fingerprint density at radius 2 is 1.95 bits per heavy atom. The maximum atomic E-state index is 12.6. The van der Waals surface area contributed by atoms with Gasteiger partial charge in [-0.05, 0) is 43.4 Å². The smallest absolute Gasteiger partial charge is 0.244 e. The SMILES string of the molecule is COc1cc(C)c(Cl)cc1S(=O)(=O)NC1CCCCC1C. The number of ether oxygens (including phenoxy) is 1. The van der Waals surface area contributed by atoms with Gasteiger partial charge >= 0.3 is 0 Å². The molecule has 1 aliphatic rings. The molecule has 4 nitrogen and oxygen atoms in total. The lowest BCUT2D eigenvalue weighted by Crippen LogP contribution is -2.41. The Hall–Kier alpha value is -0.780. The molecular weight excluding hydrogens is 310 g/mol. The summed E-state index contributed by atoms with van der Waals surface area (Å²) in [6, 6.07) is 3.10. The van der Waals surface area contributed by atoms with E-state index >= 15 is 0 Å². The van der Waals surface area contributed by atoms with E-state index in [2.05, 4.69) is 11.6 Å². The number of hydrogen-bond acceptors (Lipinski definition) is 3. The molecule has 0 radical (unpaired) electrons. The first-order valence-electron chi connectivity index (χ1n) is 7.21. The van der Waals surface area contributed by atoms with Gasteiger partial charge < -0.3 is 4.74 Å². The van der Waals surface area contributed by atoms with Gasteiger partial charge in [-0.15, -0.1) is 0 Å². The highest BCUT2D eigenvalue weighted by Crippen LogP contribution is 2.31. The molecule has 1 aliphatic carbocycles. The number of nitrogens with one attached hydrogen (secondary N) is 1. The molecule has 6 heteroatoms. The predicted molar refractivity (Wildman–Crippen MR) is 84.5 cm³/mol. The summed E-state index contributed by atoms with van der Waals surface area (Å²) in [5, 5.41) is 0.424. The first kappa shape index (κ1) is 16.6. The second kappa shape index (κ2) is 6.55. The van der Waals surface area contributed by atoms with Crippen LogP contribution in [0.15, 0.2) is 17.0 Å². The molecule has 1 N–H and O–H groups in total. The summed E-state index contributed by atoms with van der Waals surface area (Å²) in [7, 11) is -2.17. The van der Waals surface area contributed by atoms with Crippen LogP contribution in [0.5, 0.6) is 5.75 Å². The second-order valence-corrected chi connectivity index (χ2v) is 7.83. The van der Waals surface area contributed by atoms with Crippen molar-refractivity contribution in [2.45, 2.75) is 50.5 Å². The van der Waals surface area contributed by atoms with E-state index in [0.29, 0.717) is 16.7 Å². The molecule has 2 rings (SSSR count). The molecule has 1 aromatic rings. The zero-order valence-corrected chi connectivity index (χ0v) is 14.2. The summed E-state index contributed by atoms with van der Waals surface area (Å²) in [6.45, 7) is 3.91. The van der Waals surface area contributed by atoms with Gasteiger partial charge in [0.2, 0.25) is 10.0 Å². The molecule has 1 saturated carbocycles. The molecule has 0 heterocycles. The van der Waals surface area contributed by atoms with Crippen molar-refractivity contribution in [1.29, 1.82) is 0 Å². The highest BCUT2D eigenvalue weighted by molar-refractivity contribution is 7.89. The molecule has 2 atom stereocenters. The molecule has 0 spiro atoms. The predicted octanol–water partition coefficient (Wildman–Crippen LogP) is 3.51. The molecule has 1 fully saturated rings. The van der Waals surface area contributed by atoms with Crippen LogP contribution in [0.3, 0.4) is 0 Å². The number of rotatable bonds is 4. The quantitative estimate of drug-likeness (QED) is 0.918. The van der Waals surface area contributed by atoms with Crippen molar-refractivity contribution < 1.29 is 13.2 Å². The highest BCUT2D eigenvalue weighted by atomic mass is 35.5. The number of aryl methyl sites for hydroxylation is 1. The Labute approximate surface area is 131 Å². The standard InChI is InChI=1S/C15H22ClNO3S/c1-10-6-4-5-7-13(10)17-21(18,19)15-9-12(16)11(2)8-14(15)20-3/h8-10,13,17H,4-7H2,1-3H3. The summed E-state index contributed by atoms with van der Waals surface area (Å²) in [5.41, 5.74) is 0.790. The maximum Gasteiger partial charge on any atom is 0.244 e. The van der Waals surface area contributed by atoms with E-state index in [9.17, 15) is 8.42 Å². The molecule has 0 aromatic heterocycles. The summed E-state index contributed by atoms with van der Waals surface area (Å²) < 4.78 is 33.3. The average Bonchev–Trinajstić information content (AvgIpc) is 2.43. The van der Waals surface area contributed by atoms with Gasteiger partial charge in [0.25, 0.3) is 0 Å². The zero-order chi connectivity index (χ0) is 15.6. The van der Waals surface area contributed by atoms with Crippen LogP contribution in [-0.2, 0) is 10.0 Å². The van der Waals surface area contributed by atoms with Gasteiger partial charge in [-0.2, -0.15) is 0 Å². The molecule has 21 heavy (non-hydrogen) atoms.